The molecule has 4 nitrogen and oxygen atoms in total. The van der Waals surface area contributed by atoms with Crippen LogP contribution in [0.1, 0.15) is 39.5 Å². The average Bonchev–Trinajstić information content (AvgIpc) is 2.67. The minimum Gasteiger partial charge on any atom is -0.357 e. The van der Waals surface area contributed by atoms with Crippen LogP contribution in [0.3, 0.4) is 0 Å². The van der Waals surface area contributed by atoms with Crippen LogP contribution in [0.4, 0.5) is 5.69 Å². The normalized spacial score (nSPS) is 21.1. The standard InChI is InChI=1S/C22H29N3O/c1-3-22(26)25(19-9-5-4-6-10-19)20-13-16-24(17-14-20)21-12-11-18(2)8-7-15-23-21/h4-10,12,15,18,20H,3,11,13-14,16-17H2,1-2H3. The predicted octanol–water partition coefficient (Wildman–Crippen LogP) is 4.40. The summed E-state index contributed by atoms with van der Waals surface area (Å²) >= 11 is 0. The average molecular weight is 351 g/mol. The summed E-state index contributed by atoms with van der Waals surface area (Å²) in [7, 11) is 0. The summed E-state index contributed by atoms with van der Waals surface area (Å²) in [6, 6.07) is 10.3. The van der Waals surface area contributed by atoms with Crippen molar-refractivity contribution in [3.63, 3.8) is 0 Å². The van der Waals surface area contributed by atoms with Gasteiger partial charge in [-0.05, 0) is 49.5 Å². The molecule has 1 aromatic rings. The fourth-order valence-corrected chi connectivity index (χ4v) is 3.66. The molecular formula is C22H29N3O. The number of amides is 1. The molecule has 1 amide bonds. The number of allylic oxidation sites excluding steroid dienone is 3. The molecule has 4 heteroatoms. The minimum atomic E-state index is 0.205. The van der Waals surface area contributed by atoms with E-state index in [0.717, 1.165) is 43.9 Å². The number of aliphatic imine (C=N–C) groups is 1. The van der Waals surface area contributed by atoms with Crippen LogP contribution >= 0.6 is 0 Å². The van der Waals surface area contributed by atoms with Crippen LogP contribution in [0.5, 0.6) is 0 Å². The van der Waals surface area contributed by atoms with Crippen molar-refractivity contribution in [3.05, 3.63) is 54.4 Å². The van der Waals surface area contributed by atoms with Gasteiger partial charge >= 0.3 is 0 Å². The zero-order valence-electron chi connectivity index (χ0n) is 15.8. The first-order valence-electron chi connectivity index (χ1n) is 9.72. The second kappa shape index (κ2) is 8.84. The molecule has 0 bridgehead atoms. The van der Waals surface area contributed by atoms with Gasteiger partial charge < -0.3 is 9.80 Å². The van der Waals surface area contributed by atoms with Gasteiger partial charge in [-0.25, -0.2) is 4.99 Å². The molecule has 3 rings (SSSR count). The maximum absolute atomic E-state index is 12.6. The van der Waals surface area contributed by atoms with E-state index < -0.39 is 0 Å². The summed E-state index contributed by atoms with van der Waals surface area (Å²) in [5.41, 5.74) is 1.01. The molecule has 1 atom stereocenters. The van der Waals surface area contributed by atoms with Gasteiger partial charge in [0.05, 0.1) is 0 Å². The van der Waals surface area contributed by atoms with Crippen molar-refractivity contribution >= 4 is 17.8 Å². The molecule has 0 saturated carbocycles. The Bertz CT molecular complexity index is 685. The van der Waals surface area contributed by atoms with Crippen LogP contribution in [0, 0.1) is 5.92 Å². The molecule has 138 valence electrons. The smallest absolute Gasteiger partial charge is 0.226 e. The van der Waals surface area contributed by atoms with E-state index in [4.69, 9.17) is 0 Å². The second-order valence-corrected chi connectivity index (χ2v) is 7.11. The molecule has 0 radical (unpaired) electrons. The number of anilines is 1. The first kappa shape index (κ1) is 18.4. The number of carbonyl (C=O) groups is 1. The number of piperidine rings is 1. The van der Waals surface area contributed by atoms with Crippen LogP contribution in [-0.2, 0) is 4.79 Å². The summed E-state index contributed by atoms with van der Waals surface area (Å²) in [6.07, 6.45) is 11.9. The molecule has 1 fully saturated rings. The Hall–Kier alpha value is -2.36. The molecular weight excluding hydrogens is 322 g/mol. The largest absolute Gasteiger partial charge is 0.357 e. The summed E-state index contributed by atoms with van der Waals surface area (Å²) in [6.45, 7) is 6.04. The molecule has 1 saturated heterocycles. The fraction of sp³-hybridized carbons (Fsp3) is 0.455. The Morgan fingerprint density at radius 2 is 1.96 bits per heavy atom. The van der Waals surface area contributed by atoms with Crippen molar-refractivity contribution < 1.29 is 4.79 Å². The van der Waals surface area contributed by atoms with E-state index in [-0.39, 0.29) is 11.9 Å². The first-order valence-corrected chi connectivity index (χ1v) is 9.72. The van der Waals surface area contributed by atoms with Crippen LogP contribution in [-0.4, -0.2) is 36.2 Å². The Balaban J connectivity index is 1.69. The van der Waals surface area contributed by atoms with Gasteiger partial charge in [0.1, 0.15) is 5.82 Å². The fourth-order valence-electron chi connectivity index (χ4n) is 3.66. The highest BCUT2D eigenvalue weighted by Gasteiger charge is 2.29. The Kier molecular flexibility index (Phi) is 6.26. The summed E-state index contributed by atoms with van der Waals surface area (Å²) in [5.74, 6) is 1.83. The molecule has 26 heavy (non-hydrogen) atoms. The van der Waals surface area contributed by atoms with Crippen molar-refractivity contribution in [3.8, 4) is 0 Å². The zero-order chi connectivity index (χ0) is 18.4. The lowest BCUT2D eigenvalue weighted by Crippen LogP contribution is -2.47. The number of nitrogens with zero attached hydrogens (tertiary/aromatic N) is 3. The maximum Gasteiger partial charge on any atom is 0.226 e. The number of carbonyl (C=O) groups excluding carboxylic acids is 1. The maximum atomic E-state index is 12.6. The van der Waals surface area contributed by atoms with Crippen LogP contribution in [0.25, 0.3) is 0 Å². The van der Waals surface area contributed by atoms with Crippen molar-refractivity contribution in [2.75, 3.05) is 18.0 Å². The third-order valence-corrected chi connectivity index (χ3v) is 5.16. The van der Waals surface area contributed by atoms with Gasteiger partial charge in [-0.15, -0.1) is 0 Å². The Morgan fingerprint density at radius 1 is 1.23 bits per heavy atom. The monoisotopic (exact) mass is 351 g/mol. The van der Waals surface area contributed by atoms with E-state index in [2.05, 4.69) is 29.0 Å². The van der Waals surface area contributed by atoms with Gasteiger partial charge in [0.25, 0.3) is 0 Å². The lowest BCUT2D eigenvalue weighted by molar-refractivity contribution is -0.119. The quantitative estimate of drug-likeness (QED) is 0.806. The summed E-state index contributed by atoms with van der Waals surface area (Å²) in [4.78, 5) is 21.6. The van der Waals surface area contributed by atoms with E-state index in [9.17, 15) is 4.79 Å². The Morgan fingerprint density at radius 3 is 2.65 bits per heavy atom. The van der Waals surface area contributed by atoms with Crippen LogP contribution in [0.2, 0.25) is 0 Å². The zero-order valence-corrected chi connectivity index (χ0v) is 15.8. The minimum absolute atomic E-state index is 0.205. The number of benzene rings is 1. The lowest BCUT2D eigenvalue weighted by Gasteiger charge is -2.39. The van der Waals surface area contributed by atoms with Crippen LogP contribution in [0.15, 0.2) is 59.4 Å². The van der Waals surface area contributed by atoms with Crippen molar-refractivity contribution in [1.82, 2.24) is 4.90 Å². The van der Waals surface area contributed by atoms with Gasteiger partial charge in [-0.2, -0.15) is 0 Å². The third kappa shape index (κ3) is 4.43. The number of likely N-dealkylation sites (tertiary alicyclic amines) is 1. The number of rotatable bonds is 4. The molecule has 2 aliphatic rings. The van der Waals surface area contributed by atoms with Gasteiger partial charge in [-0.1, -0.05) is 38.1 Å². The van der Waals surface area contributed by atoms with Crippen molar-refractivity contribution in [2.24, 2.45) is 10.9 Å². The van der Waals surface area contributed by atoms with Crippen molar-refractivity contribution in [1.29, 1.82) is 0 Å². The second-order valence-electron chi connectivity index (χ2n) is 7.11. The summed E-state index contributed by atoms with van der Waals surface area (Å²) < 4.78 is 0. The lowest BCUT2D eigenvalue weighted by atomic mass is 10.0. The third-order valence-electron chi connectivity index (χ3n) is 5.16. The van der Waals surface area contributed by atoms with Gasteiger partial charge in [0, 0.05) is 37.5 Å². The van der Waals surface area contributed by atoms with E-state index >= 15 is 0 Å². The summed E-state index contributed by atoms with van der Waals surface area (Å²) in [5, 5.41) is 0. The van der Waals surface area contributed by atoms with E-state index in [1.54, 1.807) is 0 Å². The van der Waals surface area contributed by atoms with E-state index in [1.165, 1.54) is 0 Å². The molecule has 2 heterocycles. The molecule has 2 aliphatic heterocycles. The highest BCUT2D eigenvalue weighted by molar-refractivity contribution is 5.93. The van der Waals surface area contributed by atoms with Gasteiger partial charge in [-0.3, -0.25) is 4.79 Å². The predicted molar refractivity (Wildman–Crippen MR) is 108 cm³/mol. The van der Waals surface area contributed by atoms with Crippen LogP contribution < -0.4 is 4.90 Å². The van der Waals surface area contributed by atoms with Gasteiger partial charge in [0.15, 0.2) is 0 Å². The van der Waals surface area contributed by atoms with E-state index in [0.29, 0.717) is 12.3 Å². The Labute approximate surface area is 156 Å². The van der Waals surface area contributed by atoms with E-state index in [1.807, 2.05) is 54.4 Å². The number of hydrogen-bond acceptors (Lipinski definition) is 3. The number of para-hydroxylation sites is 1. The molecule has 0 spiro atoms. The highest BCUT2D eigenvalue weighted by Crippen LogP contribution is 2.26. The molecule has 1 aromatic carbocycles. The molecule has 0 N–H and O–H groups in total. The molecule has 0 aliphatic carbocycles. The molecule has 1 unspecified atom stereocenters. The van der Waals surface area contributed by atoms with Gasteiger partial charge in [0.2, 0.25) is 5.91 Å². The number of hydrogen-bond donors (Lipinski definition) is 0. The van der Waals surface area contributed by atoms with Crippen molar-refractivity contribution in [2.45, 2.75) is 45.6 Å². The first-order chi connectivity index (χ1) is 12.7. The topological polar surface area (TPSA) is 35.9 Å². The molecule has 0 aromatic heterocycles. The highest BCUT2D eigenvalue weighted by atomic mass is 16.2. The SMILES string of the molecule is CCC(=O)N(c1ccccc1)C1CCN(C2=CCC(C)C=CC=N2)CC1.